The van der Waals surface area contributed by atoms with Gasteiger partial charge < -0.3 is 10.6 Å². The first-order valence-electron chi connectivity index (χ1n) is 6.21. The van der Waals surface area contributed by atoms with E-state index in [2.05, 4.69) is 34.4 Å². The van der Waals surface area contributed by atoms with Crippen LogP contribution in [0.3, 0.4) is 0 Å². The molecule has 0 radical (unpaired) electrons. The molecule has 1 aromatic rings. The van der Waals surface area contributed by atoms with Gasteiger partial charge in [0.2, 0.25) is 5.91 Å². The molecule has 1 aliphatic rings. The summed E-state index contributed by atoms with van der Waals surface area (Å²) in [6.45, 7) is 4.73. The standard InChI is InChI=1S/C13H20N2OS/c1-13(4-7-14-8-5-13)12(16)15-6-2-11-3-9-17-10-11/h3,9-10,14H,2,4-8H2,1H3,(H,15,16). The highest BCUT2D eigenvalue weighted by Gasteiger charge is 2.33. The van der Waals surface area contributed by atoms with Gasteiger partial charge in [-0.05, 0) is 54.7 Å². The van der Waals surface area contributed by atoms with Gasteiger partial charge in [-0.15, -0.1) is 0 Å². The van der Waals surface area contributed by atoms with Crippen LogP contribution in [0.25, 0.3) is 0 Å². The highest BCUT2D eigenvalue weighted by molar-refractivity contribution is 7.07. The monoisotopic (exact) mass is 252 g/mol. The molecule has 1 saturated heterocycles. The normalized spacial score (nSPS) is 18.9. The molecule has 4 heteroatoms. The van der Waals surface area contributed by atoms with E-state index in [0.29, 0.717) is 0 Å². The Bertz CT molecular complexity index is 356. The predicted molar refractivity (Wildman–Crippen MR) is 71.2 cm³/mol. The Morgan fingerprint density at radius 2 is 2.29 bits per heavy atom. The minimum absolute atomic E-state index is 0.167. The van der Waals surface area contributed by atoms with Gasteiger partial charge in [-0.3, -0.25) is 4.79 Å². The van der Waals surface area contributed by atoms with Crippen LogP contribution in [0.1, 0.15) is 25.3 Å². The lowest BCUT2D eigenvalue weighted by Gasteiger charge is -2.32. The molecule has 0 aromatic carbocycles. The molecule has 94 valence electrons. The molecule has 17 heavy (non-hydrogen) atoms. The van der Waals surface area contributed by atoms with E-state index in [4.69, 9.17) is 0 Å². The van der Waals surface area contributed by atoms with Gasteiger partial charge in [0.1, 0.15) is 0 Å². The molecule has 2 rings (SSSR count). The molecule has 1 aliphatic heterocycles. The highest BCUT2D eigenvalue weighted by atomic mass is 32.1. The third-order valence-corrected chi connectivity index (χ3v) is 4.27. The number of amides is 1. The first-order valence-corrected chi connectivity index (χ1v) is 7.15. The maximum Gasteiger partial charge on any atom is 0.226 e. The minimum atomic E-state index is -0.167. The van der Waals surface area contributed by atoms with Gasteiger partial charge in [0, 0.05) is 12.0 Å². The van der Waals surface area contributed by atoms with Gasteiger partial charge in [-0.1, -0.05) is 6.92 Å². The van der Waals surface area contributed by atoms with Crippen molar-refractivity contribution in [1.29, 1.82) is 0 Å². The van der Waals surface area contributed by atoms with Crippen LogP contribution in [-0.2, 0) is 11.2 Å². The second-order valence-corrected chi connectivity index (χ2v) is 5.73. The molecule has 0 saturated carbocycles. The fourth-order valence-corrected chi connectivity index (χ4v) is 2.88. The minimum Gasteiger partial charge on any atom is -0.355 e. The summed E-state index contributed by atoms with van der Waals surface area (Å²) in [7, 11) is 0. The van der Waals surface area contributed by atoms with Crippen molar-refractivity contribution in [3.05, 3.63) is 22.4 Å². The van der Waals surface area contributed by atoms with Crippen molar-refractivity contribution >= 4 is 17.2 Å². The van der Waals surface area contributed by atoms with Gasteiger partial charge in [0.05, 0.1) is 0 Å². The largest absolute Gasteiger partial charge is 0.355 e. The van der Waals surface area contributed by atoms with Crippen LogP contribution in [0.5, 0.6) is 0 Å². The van der Waals surface area contributed by atoms with Crippen LogP contribution in [0.4, 0.5) is 0 Å². The van der Waals surface area contributed by atoms with E-state index >= 15 is 0 Å². The zero-order valence-corrected chi connectivity index (χ0v) is 11.1. The highest BCUT2D eigenvalue weighted by Crippen LogP contribution is 2.27. The Morgan fingerprint density at radius 1 is 1.53 bits per heavy atom. The quantitative estimate of drug-likeness (QED) is 0.858. The van der Waals surface area contributed by atoms with Gasteiger partial charge >= 0.3 is 0 Å². The molecule has 0 aliphatic carbocycles. The van der Waals surface area contributed by atoms with Crippen molar-refractivity contribution in [2.45, 2.75) is 26.2 Å². The Kier molecular flexibility index (Phi) is 4.18. The first kappa shape index (κ1) is 12.6. The first-order chi connectivity index (χ1) is 8.21. The van der Waals surface area contributed by atoms with Crippen LogP contribution in [0.2, 0.25) is 0 Å². The van der Waals surface area contributed by atoms with Gasteiger partial charge in [0.15, 0.2) is 0 Å². The average molecular weight is 252 g/mol. The number of carbonyl (C=O) groups is 1. The molecule has 2 heterocycles. The van der Waals surface area contributed by atoms with Crippen LogP contribution >= 0.6 is 11.3 Å². The third kappa shape index (κ3) is 3.30. The lowest BCUT2D eigenvalue weighted by Crippen LogP contribution is -2.46. The Morgan fingerprint density at radius 3 is 2.94 bits per heavy atom. The van der Waals surface area contributed by atoms with Crippen LogP contribution in [0, 0.1) is 5.41 Å². The second-order valence-electron chi connectivity index (χ2n) is 4.95. The fraction of sp³-hybridized carbons (Fsp3) is 0.615. The SMILES string of the molecule is CC1(C(=O)NCCc2ccsc2)CCNCC1. The second kappa shape index (κ2) is 5.65. The average Bonchev–Trinajstić information content (AvgIpc) is 2.83. The summed E-state index contributed by atoms with van der Waals surface area (Å²) in [4.78, 5) is 12.1. The summed E-state index contributed by atoms with van der Waals surface area (Å²) in [6, 6.07) is 2.11. The molecule has 1 amide bonds. The Labute approximate surface area is 107 Å². The Hall–Kier alpha value is -0.870. The van der Waals surface area contributed by atoms with Gasteiger partial charge in [0.25, 0.3) is 0 Å². The number of piperidine rings is 1. The molecular weight excluding hydrogens is 232 g/mol. The molecular formula is C13H20N2OS. The van der Waals surface area contributed by atoms with Crippen molar-refractivity contribution < 1.29 is 4.79 Å². The van der Waals surface area contributed by atoms with E-state index < -0.39 is 0 Å². The summed E-state index contributed by atoms with van der Waals surface area (Å²) in [6.07, 6.45) is 2.82. The number of hydrogen-bond donors (Lipinski definition) is 2. The summed E-state index contributed by atoms with van der Waals surface area (Å²) < 4.78 is 0. The third-order valence-electron chi connectivity index (χ3n) is 3.53. The molecule has 3 nitrogen and oxygen atoms in total. The van der Waals surface area contributed by atoms with E-state index in [-0.39, 0.29) is 11.3 Å². The number of thiophene rings is 1. The van der Waals surface area contributed by atoms with Crippen molar-refractivity contribution in [3.8, 4) is 0 Å². The van der Waals surface area contributed by atoms with Gasteiger partial charge in [-0.2, -0.15) is 11.3 Å². The van der Waals surface area contributed by atoms with Crippen molar-refractivity contribution in [3.63, 3.8) is 0 Å². The number of rotatable bonds is 4. The Balaban J connectivity index is 1.76. The van der Waals surface area contributed by atoms with Gasteiger partial charge in [-0.25, -0.2) is 0 Å². The molecule has 0 unspecified atom stereocenters. The topological polar surface area (TPSA) is 41.1 Å². The number of nitrogens with one attached hydrogen (secondary N) is 2. The maximum absolute atomic E-state index is 12.1. The summed E-state index contributed by atoms with van der Waals surface area (Å²) in [5.41, 5.74) is 1.14. The lowest BCUT2D eigenvalue weighted by atomic mass is 9.80. The molecule has 0 bridgehead atoms. The smallest absolute Gasteiger partial charge is 0.226 e. The fourth-order valence-electron chi connectivity index (χ4n) is 2.17. The molecule has 1 fully saturated rings. The van der Waals surface area contributed by atoms with E-state index in [1.807, 2.05) is 0 Å². The number of carbonyl (C=O) groups excluding carboxylic acids is 1. The summed E-state index contributed by atoms with van der Waals surface area (Å²) >= 11 is 1.70. The molecule has 0 spiro atoms. The molecule has 2 N–H and O–H groups in total. The predicted octanol–water partition coefficient (Wildman–Crippen LogP) is 1.80. The summed E-state index contributed by atoms with van der Waals surface area (Å²) in [5, 5.41) is 10.6. The van der Waals surface area contributed by atoms with Crippen molar-refractivity contribution in [2.24, 2.45) is 5.41 Å². The maximum atomic E-state index is 12.1. The zero-order valence-electron chi connectivity index (χ0n) is 10.3. The lowest BCUT2D eigenvalue weighted by molar-refractivity contribution is -0.131. The van der Waals surface area contributed by atoms with E-state index in [0.717, 1.165) is 38.9 Å². The van der Waals surface area contributed by atoms with Crippen LogP contribution in [-0.4, -0.2) is 25.5 Å². The van der Waals surface area contributed by atoms with Crippen LogP contribution in [0.15, 0.2) is 16.8 Å². The summed E-state index contributed by atoms with van der Waals surface area (Å²) in [5.74, 6) is 0.217. The van der Waals surface area contributed by atoms with E-state index in [1.165, 1.54) is 5.56 Å². The number of hydrogen-bond acceptors (Lipinski definition) is 3. The van der Waals surface area contributed by atoms with Crippen molar-refractivity contribution in [1.82, 2.24) is 10.6 Å². The molecule has 0 atom stereocenters. The van der Waals surface area contributed by atoms with E-state index in [9.17, 15) is 4.79 Å². The van der Waals surface area contributed by atoms with Crippen molar-refractivity contribution in [2.75, 3.05) is 19.6 Å². The van der Waals surface area contributed by atoms with E-state index in [1.54, 1.807) is 11.3 Å². The molecule has 1 aromatic heterocycles. The van der Waals surface area contributed by atoms with Crippen LogP contribution < -0.4 is 10.6 Å². The zero-order chi connectivity index (χ0) is 12.1.